The summed E-state index contributed by atoms with van der Waals surface area (Å²) in [5, 5.41) is 9.26. The van der Waals surface area contributed by atoms with E-state index in [9.17, 15) is 19.5 Å². The minimum Gasteiger partial charge on any atom is -0.466 e. The van der Waals surface area contributed by atoms with Gasteiger partial charge in [-0.15, -0.1) is 6.58 Å². The Kier molecular flexibility index (Phi) is 8.61. The van der Waals surface area contributed by atoms with Crippen molar-refractivity contribution in [1.29, 1.82) is 0 Å². The zero-order valence-corrected chi connectivity index (χ0v) is 21.5. The third-order valence-electron chi connectivity index (χ3n) is 7.24. The first kappa shape index (κ1) is 26.2. The molecule has 0 aliphatic carbocycles. The number of fused-ring (bicyclic) bond motifs is 1. The summed E-state index contributed by atoms with van der Waals surface area (Å²) in [4.78, 5) is 44.0. The number of amides is 2. The Morgan fingerprint density at radius 1 is 1.42 bits per heavy atom. The summed E-state index contributed by atoms with van der Waals surface area (Å²) in [5.41, 5.74) is -1.07. The second-order valence-corrected chi connectivity index (χ2v) is 10.5. The Morgan fingerprint density at radius 2 is 2.15 bits per heavy atom. The summed E-state index contributed by atoms with van der Waals surface area (Å²) in [6.45, 7) is 10.6. The molecule has 8 nitrogen and oxygen atoms in total. The van der Waals surface area contributed by atoms with E-state index in [0.717, 1.165) is 12.8 Å². The fraction of sp³-hybridized carbons (Fsp3) is 0.792. The van der Waals surface area contributed by atoms with Gasteiger partial charge in [-0.25, -0.2) is 0 Å². The molecule has 2 bridgehead atoms. The number of ether oxygens (including phenoxy) is 2. The lowest BCUT2D eigenvalue weighted by Gasteiger charge is -2.39. The first-order valence-corrected chi connectivity index (χ1v) is 13.0. The summed E-state index contributed by atoms with van der Waals surface area (Å²) in [7, 11) is 0. The number of hydrogen-bond acceptors (Lipinski definition) is 6. The third-order valence-corrected chi connectivity index (χ3v) is 8.08. The molecule has 2 amide bonds. The SMILES string of the molecule is C=CCN(C(=O)[C@H]1N(CCCCO)C(=O)[C@@H]2[C@@H](C(=O)OCC)[C@@H]3O[C@@]21CC3Br)C(C)CCC. The predicted molar refractivity (Wildman–Crippen MR) is 127 cm³/mol. The van der Waals surface area contributed by atoms with E-state index in [1.807, 2.05) is 6.92 Å². The number of likely N-dealkylation sites (tertiary alicyclic amines) is 1. The number of unbranched alkanes of at least 4 members (excludes halogenated alkanes) is 1. The van der Waals surface area contributed by atoms with Gasteiger partial charge in [0, 0.05) is 30.6 Å². The fourth-order valence-corrected chi connectivity index (χ4v) is 6.85. The van der Waals surface area contributed by atoms with Crippen molar-refractivity contribution in [2.45, 2.75) is 81.5 Å². The van der Waals surface area contributed by atoms with Gasteiger partial charge in [0.05, 0.1) is 24.5 Å². The minimum atomic E-state index is -1.07. The molecule has 9 heteroatoms. The standard InChI is InChI=1S/C24H37BrN2O6/c1-5-10-15(4)26(11-6-2)22(30)20-24-14-16(25)19(33-24)17(23(31)32-7-3)18(24)21(29)27(20)12-8-9-13-28/h6,15-20,28H,2,5,7-14H2,1,3-4H3/t15?,16?,17-,18+,19-,20-,24+/m1/s1. The van der Waals surface area contributed by atoms with Gasteiger partial charge in [0.1, 0.15) is 11.6 Å². The zero-order chi connectivity index (χ0) is 24.3. The van der Waals surface area contributed by atoms with Crippen LogP contribution in [0.3, 0.4) is 0 Å². The number of aliphatic hydroxyl groups excluding tert-OH is 1. The van der Waals surface area contributed by atoms with E-state index in [-0.39, 0.29) is 35.9 Å². The van der Waals surface area contributed by atoms with Crippen molar-refractivity contribution in [2.24, 2.45) is 11.8 Å². The van der Waals surface area contributed by atoms with Gasteiger partial charge < -0.3 is 24.4 Å². The number of alkyl halides is 1. The van der Waals surface area contributed by atoms with Gasteiger partial charge in [0.25, 0.3) is 0 Å². The smallest absolute Gasteiger partial charge is 0.312 e. The molecule has 1 spiro atoms. The molecule has 1 N–H and O–H groups in total. The maximum Gasteiger partial charge on any atom is 0.312 e. The van der Waals surface area contributed by atoms with Crippen LogP contribution in [0.2, 0.25) is 0 Å². The van der Waals surface area contributed by atoms with Gasteiger partial charge in [0.15, 0.2) is 0 Å². The molecule has 3 fully saturated rings. The van der Waals surface area contributed by atoms with Gasteiger partial charge in [0.2, 0.25) is 11.8 Å². The summed E-state index contributed by atoms with van der Waals surface area (Å²) >= 11 is 3.65. The van der Waals surface area contributed by atoms with Crippen LogP contribution in [-0.4, -0.2) is 87.6 Å². The molecule has 3 aliphatic rings. The van der Waals surface area contributed by atoms with Crippen LogP contribution < -0.4 is 0 Å². The van der Waals surface area contributed by atoms with Crippen molar-refractivity contribution in [3.63, 3.8) is 0 Å². The number of hydrogen-bond donors (Lipinski definition) is 1. The highest BCUT2D eigenvalue weighted by atomic mass is 79.9. The van der Waals surface area contributed by atoms with Gasteiger partial charge in [-0.3, -0.25) is 14.4 Å². The van der Waals surface area contributed by atoms with Gasteiger partial charge in [-0.2, -0.15) is 0 Å². The number of rotatable bonds is 12. The topological polar surface area (TPSA) is 96.4 Å². The molecule has 33 heavy (non-hydrogen) atoms. The fourth-order valence-electron chi connectivity index (χ4n) is 5.91. The van der Waals surface area contributed by atoms with E-state index >= 15 is 0 Å². The highest BCUT2D eigenvalue weighted by molar-refractivity contribution is 9.09. The van der Waals surface area contributed by atoms with Crippen molar-refractivity contribution in [2.75, 3.05) is 26.3 Å². The van der Waals surface area contributed by atoms with Crippen LogP contribution in [0.15, 0.2) is 12.7 Å². The molecule has 0 saturated carbocycles. The van der Waals surface area contributed by atoms with E-state index in [1.165, 1.54) is 0 Å². The molecular formula is C24H37BrN2O6. The van der Waals surface area contributed by atoms with Crippen LogP contribution in [0.5, 0.6) is 0 Å². The number of carbonyl (C=O) groups is 3. The molecule has 0 aromatic rings. The number of carbonyl (C=O) groups excluding carboxylic acids is 3. The average molecular weight is 529 g/mol. The van der Waals surface area contributed by atoms with Crippen LogP contribution in [0.1, 0.15) is 52.9 Å². The Balaban J connectivity index is 2.03. The zero-order valence-electron chi connectivity index (χ0n) is 19.9. The molecule has 3 saturated heterocycles. The molecule has 3 rings (SSSR count). The monoisotopic (exact) mass is 528 g/mol. The van der Waals surface area contributed by atoms with Crippen molar-refractivity contribution in [3.05, 3.63) is 12.7 Å². The van der Waals surface area contributed by atoms with Crippen molar-refractivity contribution in [3.8, 4) is 0 Å². The molecule has 2 unspecified atom stereocenters. The lowest BCUT2D eigenvalue weighted by atomic mass is 9.70. The quantitative estimate of drug-likeness (QED) is 0.180. The van der Waals surface area contributed by atoms with Crippen LogP contribution >= 0.6 is 15.9 Å². The van der Waals surface area contributed by atoms with Gasteiger partial charge >= 0.3 is 5.97 Å². The maximum atomic E-state index is 14.1. The summed E-state index contributed by atoms with van der Waals surface area (Å²) in [5.74, 6) is -2.33. The lowest BCUT2D eigenvalue weighted by Crippen LogP contribution is -2.58. The Bertz CT molecular complexity index is 763. The van der Waals surface area contributed by atoms with E-state index < -0.39 is 35.6 Å². The van der Waals surface area contributed by atoms with Crippen molar-refractivity contribution >= 4 is 33.7 Å². The predicted octanol–water partition coefficient (Wildman–Crippen LogP) is 2.27. The van der Waals surface area contributed by atoms with Crippen LogP contribution in [-0.2, 0) is 23.9 Å². The summed E-state index contributed by atoms with van der Waals surface area (Å²) in [6, 6.07) is -0.845. The summed E-state index contributed by atoms with van der Waals surface area (Å²) in [6.07, 6.45) is 4.51. The van der Waals surface area contributed by atoms with Gasteiger partial charge in [-0.1, -0.05) is 35.4 Å². The molecule has 3 heterocycles. The van der Waals surface area contributed by atoms with E-state index in [0.29, 0.717) is 32.4 Å². The Labute approximate surface area is 204 Å². The normalized spacial score (nSPS) is 33.2. The van der Waals surface area contributed by atoms with E-state index in [1.54, 1.807) is 22.8 Å². The van der Waals surface area contributed by atoms with Crippen molar-refractivity contribution in [1.82, 2.24) is 9.80 Å². The molecule has 7 atom stereocenters. The number of halogens is 1. The molecule has 0 radical (unpaired) electrons. The Morgan fingerprint density at radius 3 is 2.76 bits per heavy atom. The highest BCUT2D eigenvalue weighted by Gasteiger charge is 2.77. The van der Waals surface area contributed by atoms with Gasteiger partial charge in [-0.05, 0) is 39.5 Å². The van der Waals surface area contributed by atoms with Crippen LogP contribution in [0.4, 0.5) is 0 Å². The Hall–Kier alpha value is -1.45. The number of nitrogens with zero attached hydrogens (tertiary/aromatic N) is 2. The largest absolute Gasteiger partial charge is 0.466 e. The van der Waals surface area contributed by atoms with Crippen molar-refractivity contribution < 1.29 is 29.0 Å². The van der Waals surface area contributed by atoms with Crippen LogP contribution in [0.25, 0.3) is 0 Å². The average Bonchev–Trinajstić information content (AvgIpc) is 3.36. The molecule has 3 aliphatic heterocycles. The van der Waals surface area contributed by atoms with E-state index in [4.69, 9.17) is 9.47 Å². The molecular weight excluding hydrogens is 492 g/mol. The minimum absolute atomic E-state index is 0.0127. The number of esters is 1. The molecule has 186 valence electrons. The second kappa shape index (κ2) is 10.9. The first-order chi connectivity index (χ1) is 15.8. The van der Waals surface area contributed by atoms with Crippen LogP contribution in [0, 0.1) is 11.8 Å². The number of aliphatic hydroxyl groups is 1. The third kappa shape index (κ3) is 4.48. The molecule has 0 aromatic carbocycles. The second-order valence-electron chi connectivity index (χ2n) is 9.29. The molecule has 0 aromatic heterocycles. The summed E-state index contributed by atoms with van der Waals surface area (Å²) < 4.78 is 11.8. The highest BCUT2D eigenvalue weighted by Crippen LogP contribution is 2.60. The first-order valence-electron chi connectivity index (χ1n) is 12.1. The lowest BCUT2D eigenvalue weighted by molar-refractivity contribution is -0.155. The maximum absolute atomic E-state index is 14.1. The van der Waals surface area contributed by atoms with E-state index in [2.05, 4.69) is 29.4 Å².